The average Bonchev–Trinajstić information content (AvgIpc) is 2.90. The summed E-state index contributed by atoms with van der Waals surface area (Å²) in [4.78, 5) is 10.9. The van der Waals surface area contributed by atoms with Crippen LogP contribution < -0.4 is 4.74 Å². The molecule has 0 spiro atoms. The van der Waals surface area contributed by atoms with E-state index in [1.807, 2.05) is 30.3 Å². The molecule has 1 aromatic carbocycles. The summed E-state index contributed by atoms with van der Waals surface area (Å²) >= 11 is 8.86. The number of unbranched alkanes of at least 4 members (excludes halogenated alkanes) is 3. The van der Waals surface area contributed by atoms with E-state index in [0.29, 0.717) is 0 Å². The van der Waals surface area contributed by atoms with Crippen LogP contribution in [0, 0.1) is 0 Å². The fourth-order valence-electron chi connectivity index (χ4n) is 2.39. The minimum Gasteiger partial charge on any atom is -0.494 e. The first kappa shape index (κ1) is 20.4. The van der Waals surface area contributed by atoms with E-state index in [0.717, 1.165) is 30.8 Å². The van der Waals surface area contributed by atoms with E-state index in [1.54, 1.807) is 24.3 Å². The molecule has 0 bridgehead atoms. The van der Waals surface area contributed by atoms with Gasteiger partial charge < -0.3 is 4.74 Å². The molecular weight excluding hydrogens is 464 g/mol. The van der Waals surface area contributed by atoms with Crippen molar-refractivity contribution < 1.29 is 9.53 Å². The van der Waals surface area contributed by atoms with Gasteiger partial charge in [-0.1, -0.05) is 31.1 Å². The Balaban J connectivity index is 1.58. The van der Waals surface area contributed by atoms with Crippen molar-refractivity contribution >= 4 is 55.1 Å². The van der Waals surface area contributed by atoms with Crippen LogP contribution >= 0.6 is 43.2 Å². The van der Waals surface area contributed by atoms with Crippen molar-refractivity contribution in [3.63, 3.8) is 0 Å². The second-order valence-corrected chi connectivity index (χ2v) is 9.62. The molecule has 1 aromatic heterocycles. The third-order valence-corrected chi connectivity index (χ3v) is 6.19. The van der Waals surface area contributed by atoms with E-state index in [2.05, 4.69) is 37.9 Å². The summed E-state index contributed by atoms with van der Waals surface area (Å²) in [6.45, 7) is 2.29. The maximum absolute atomic E-state index is 10.9. The molecule has 1 heterocycles. The predicted octanol–water partition coefficient (Wildman–Crippen LogP) is 7.06. The van der Waals surface area contributed by atoms with Crippen molar-refractivity contribution in [1.29, 1.82) is 0 Å². The van der Waals surface area contributed by atoms with Gasteiger partial charge in [0.15, 0.2) is 5.78 Å². The van der Waals surface area contributed by atoms with E-state index in [4.69, 9.17) is 4.74 Å². The lowest BCUT2D eigenvalue weighted by molar-refractivity contribution is -0.112. The highest BCUT2D eigenvalue weighted by Gasteiger charge is 2.04. The fourth-order valence-corrected chi connectivity index (χ4v) is 5.31. The Labute approximate surface area is 170 Å². The van der Waals surface area contributed by atoms with Crippen LogP contribution in [-0.2, 0) is 11.2 Å². The SMILES string of the molecule is CC(=O)C=Cc1ccc(OCCCCCCc2cc(Br)sc2Br)cc1. The fraction of sp³-hybridized carbons (Fsp3) is 0.350. The minimum absolute atomic E-state index is 0.0549. The van der Waals surface area contributed by atoms with Crippen molar-refractivity contribution in [2.75, 3.05) is 6.61 Å². The molecule has 2 aromatic rings. The van der Waals surface area contributed by atoms with Crippen LogP contribution in [0.15, 0.2) is 44.0 Å². The van der Waals surface area contributed by atoms with Crippen molar-refractivity contribution in [1.82, 2.24) is 0 Å². The number of thiophene rings is 1. The molecular formula is C20H22Br2O2S. The lowest BCUT2D eigenvalue weighted by Crippen LogP contribution is -1.97. The van der Waals surface area contributed by atoms with Gasteiger partial charge in [0.25, 0.3) is 0 Å². The molecule has 0 aliphatic heterocycles. The number of hydrogen-bond acceptors (Lipinski definition) is 3. The third-order valence-electron chi connectivity index (χ3n) is 3.73. The maximum atomic E-state index is 10.9. The van der Waals surface area contributed by atoms with Crippen molar-refractivity contribution in [3.05, 3.63) is 55.1 Å². The van der Waals surface area contributed by atoms with Crippen molar-refractivity contribution in [2.24, 2.45) is 0 Å². The summed E-state index contributed by atoms with van der Waals surface area (Å²) in [5, 5.41) is 0. The van der Waals surface area contributed by atoms with Crippen LogP contribution in [0.1, 0.15) is 43.7 Å². The van der Waals surface area contributed by atoms with Gasteiger partial charge in [0.05, 0.1) is 14.2 Å². The lowest BCUT2D eigenvalue weighted by Gasteiger charge is -2.06. The van der Waals surface area contributed by atoms with Gasteiger partial charge in [-0.3, -0.25) is 4.79 Å². The number of halogens is 2. The van der Waals surface area contributed by atoms with Gasteiger partial charge in [0.1, 0.15) is 5.75 Å². The lowest BCUT2D eigenvalue weighted by atomic mass is 10.1. The van der Waals surface area contributed by atoms with Crippen LogP contribution in [-0.4, -0.2) is 12.4 Å². The Morgan fingerprint density at radius 1 is 1.12 bits per heavy atom. The largest absolute Gasteiger partial charge is 0.494 e. The molecule has 2 rings (SSSR count). The smallest absolute Gasteiger partial charge is 0.152 e. The first-order valence-corrected chi connectivity index (χ1v) is 10.8. The van der Waals surface area contributed by atoms with Gasteiger partial charge >= 0.3 is 0 Å². The summed E-state index contributed by atoms with van der Waals surface area (Å²) < 4.78 is 8.20. The molecule has 0 saturated heterocycles. The number of hydrogen-bond donors (Lipinski definition) is 0. The second kappa shape index (κ2) is 10.9. The number of allylic oxidation sites excluding steroid dienone is 1. The summed E-state index contributed by atoms with van der Waals surface area (Å²) in [5.74, 6) is 0.936. The average molecular weight is 486 g/mol. The highest BCUT2D eigenvalue weighted by Crippen LogP contribution is 2.32. The summed E-state index contributed by atoms with van der Waals surface area (Å²) in [7, 11) is 0. The van der Waals surface area contributed by atoms with Gasteiger partial charge in [0.2, 0.25) is 0 Å². The number of carbonyl (C=O) groups is 1. The second-order valence-electron chi connectivity index (χ2n) is 5.88. The van der Waals surface area contributed by atoms with Gasteiger partial charge in [0, 0.05) is 0 Å². The first-order valence-electron chi connectivity index (χ1n) is 8.40. The quantitative estimate of drug-likeness (QED) is 0.266. The normalized spacial score (nSPS) is 11.2. The van der Waals surface area contributed by atoms with Crippen LogP contribution in [0.4, 0.5) is 0 Å². The van der Waals surface area contributed by atoms with Crippen LogP contribution in [0.25, 0.3) is 6.08 Å². The van der Waals surface area contributed by atoms with Gasteiger partial charge in [-0.15, -0.1) is 11.3 Å². The predicted molar refractivity (Wildman–Crippen MR) is 114 cm³/mol. The molecule has 0 saturated carbocycles. The van der Waals surface area contributed by atoms with E-state index < -0.39 is 0 Å². The maximum Gasteiger partial charge on any atom is 0.152 e. The molecule has 0 aliphatic rings. The number of benzene rings is 1. The Kier molecular flexibility index (Phi) is 8.93. The van der Waals surface area contributed by atoms with Crippen molar-refractivity contribution in [3.8, 4) is 5.75 Å². The summed E-state index contributed by atoms with van der Waals surface area (Å²) in [6.07, 6.45) is 9.19. The van der Waals surface area contributed by atoms with Gasteiger partial charge in [-0.25, -0.2) is 0 Å². The summed E-state index contributed by atoms with van der Waals surface area (Å²) in [5.41, 5.74) is 2.40. The highest BCUT2D eigenvalue weighted by molar-refractivity contribution is 9.12. The molecule has 0 radical (unpaired) electrons. The topological polar surface area (TPSA) is 26.3 Å². The zero-order valence-electron chi connectivity index (χ0n) is 14.3. The van der Waals surface area contributed by atoms with Crippen LogP contribution in [0.3, 0.4) is 0 Å². The number of ketones is 1. The number of aryl methyl sites for hydroxylation is 1. The molecule has 0 atom stereocenters. The molecule has 134 valence electrons. The number of ether oxygens (including phenoxy) is 1. The monoisotopic (exact) mass is 484 g/mol. The van der Waals surface area contributed by atoms with Gasteiger partial charge in [-0.2, -0.15) is 0 Å². The molecule has 0 unspecified atom stereocenters. The third kappa shape index (κ3) is 7.89. The highest BCUT2D eigenvalue weighted by atomic mass is 79.9. The van der Waals surface area contributed by atoms with Gasteiger partial charge in [-0.05, 0) is 93.4 Å². The van der Waals surface area contributed by atoms with E-state index in [1.165, 1.54) is 32.4 Å². The number of carbonyl (C=O) groups excluding carboxylic acids is 1. The van der Waals surface area contributed by atoms with E-state index >= 15 is 0 Å². The Hall–Kier alpha value is -0.910. The van der Waals surface area contributed by atoms with Crippen molar-refractivity contribution in [2.45, 2.75) is 39.0 Å². The first-order chi connectivity index (χ1) is 12.0. The molecule has 2 nitrogen and oxygen atoms in total. The zero-order chi connectivity index (χ0) is 18.1. The molecule has 5 heteroatoms. The summed E-state index contributed by atoms with van der Waals surface area (Å²) in [6, 6.07) is 10.0. The van der Waals surface area contributed by atoms with E-state index in [-0.39, 0.29) is 5.78 Å². The van der Waals surface area contributed by atoms with Crippen LogP contribution in [0.5, 0.6) is 5.75 Å². The Morgan fingerprint density at radius 3 is 2.48 bits per heavy atom. The number of rotatable bonds is 10. The molecule has 25 heavy (non-hydrogen) atoms. The molecule has 0 fully saturated rings. The Bertz CT molecular complexity index is 705. The standard InChI is InChI=1S/C20H22Br2O2S/c1-15(23)7-8-16-9-11-18(12-10-16)24-13-5-3-2-4-6-17-14-19(21)25-20(17)22/h7-12,14H,2-6,13H2,1H3. The van der Waals surface area contributed by atoms with Crippen LogP contribution in [0.2, 0.25) is 0 Å². The Morgan fingerprint density at radius 2 is 1.84 bits per heavy atom. The molecule has 0 aliphatic carbocycles. The molecule has 0 N–H and O–H groups in total. The minimum atomic E-state index is 0.0549. The zero-order valence-corrected chi connectivity index (χ0v) is 18.3. The van der Waals surface area contributed by atoms with E-state index in [9.17, 15) is 4.79 Å². The molecule has 0 amide bonds.